The topological polar surface area (TPSA) is 90.4 Å². The zero-order chi connectivity index (χ0) is 20.6. The number of fused-ring (bicyclic) bond motifs is 3. The number of aliphatic hydroxyl groups excluding tert-OH is 1. The second-order valence-electron chi connectivity index (χ2n) is 7.97. The summed E-state index contributed by atoms with van der Waals surface area (Å²) in [6.45, 7) is 8.13. The number of ether oxygens (including phenoxy) is 1. The van der Waals surface area contributed by atoms with Gasteiger partial charge < -0.3 is 20.1 Å². The van der Waals surface area contributed by atoms with Crippen molar-refractivity contribution in [3.8, 4) is 5.75 Å². The molecule has 0 amide bonds. The highest BCUT2D eigenvalue weighted by atomic mass is 16.5. The zero-order valence-electron chi connectivity index (χ0n) is 17.2. The van der Waals surface area contributed by atoms with Crippen LogP contribution in [0.4, 0.5) is 0 Å². The van der Waals surface area contributed by atoms with Crippen molar-refractivity contribution in [1.82, 2.24) is 9.55 Å². The van der Waals surface area contributed by atoms with Gasteiger partial charge in [0.15, 0.2) is 0 Å². The van der Waals surface area contributed by atoms with Crippen molar-refractivity contribution in [2.24, 2.45) is 18.7 Å². The number of hydrogen-bond donors (Lipinski definition) is 2. The minimum atomic E-state index is -0.712. The Labute approximate surface area is 165 Å². The van der Waals surface area contributed by atoms with E-state index in [9.17, 15) is 9.90 Å². The zero-order valence-corrected chi connectivity index (χ0v) is 17.2. The summed E-state index contributed by atoms with van der Waals surface area (Å²) < 4.78 is 7.60. The quantitative estimate of drug-likeness (QED) is 0.638. The van der Waals surface area contributed by atoms with E-state index in [1.165, 1.54) is 0 Å². The van der Waals surface area contributed by atoms with E-state index in [1.54, 1.807) is 24.7 Å². The molecule has 6 heteroatoms. The summed E-state index contributed by atoms with van der Waals surface area (Å²) in [7, 11) is 1.74. The molecule has 0 fully saturated rings. The predicted molar refractivity (Wildman–Crippen MR) is 113 cm³/mol. The van der Waals surface area contributed by atoms with Crippen LogP contribution in [0.1, 0.15) is 44.6 Å². The predicted octanol–water partition coefficient (Wildman–Crippen LogP) is 3.20. The first-order valence-corrected chi connectivity index (χ1v) is 9.69. The Morgan fingerprint density at radius 1 is 1.25 bits per heavy atom. The van der Waals surface area contributed by atoms with Gasteiger partial charge in [-0.25, -0.2) is 0 Å². The molecule has 0 spiro atoms. The highest BCUT2D eigenvalue weighted by Crippen LogP contribution is 2.33. The van der Waals surface area contributed by atoms with Crippen molar-refractivity contribution in [3.63, 3.8) is 0 Å². The van der Waals surface area contributed by atoms with E-state index < -0.39 is 6.10 Å². The number of nitrogens with two attached hydrogens (primary N) is 1. The van der Waals surface area contributed by atoms with E-state index >= 15 is 0 Å². The van der Waals surface area contributed by atoms with E-state index in [-0.39, 0.29) is 11.6 Å². The minimum Gasteiger partial charge on any atom is -0.492 e. The molecule has 0 saturated carbocycles. The third-order valence-electron chi connectivity index (χ3n) is 5.12. The number of aromatic nitrogens is 2. The summed E-state index contributed by atoms with van der Waals surface area (Å²) >= 11 is 0. The summed E-state index contributed by atoms with van der Waals surface area (Å²) in [5, 5.41) is 12.6. The lowest BCUT2D eigenvalue weighted by Gasteiger charge is -2.20. The number of aryl methyl sites for hydroxylation is 2. The first-order valence-electron chi connectivity index (χ1n) is 9.69. The van der Waals surface area contributed by atoms with Crippen molar-refractivity contribution in [3.05, 3.63) is 46.0 Å². The first-order chi connectivity index (χ1) is 13.2. The Bertz CT molecular complexity index is 1070. The normalized spacial score (nSPS) is 14.0. The van der Waals surface area contributed by atoms with Gasteiger partial charge in [-0.2, -0.15) is 0 Å². The fraction of sp³-hybridized carbons (Fsp3) is 0.455. The molecule has 2 unspecified atom stereocenters. The van der Waals surface area contributed by atoms with Crippen LogP contribution in [0.25, 0.3) is 21.7 Å². The standard InChI is InChI=1S/C22H29N3O3/c1-12(2)8-15(23)11-28-20-10-19-18(9-17(20)14(4)26)16-6-7-24-13(3)21(16)22(27)25(19)5/h6-7,9-10,12,14-15,26H,8,11,23H2,1-5H3. The summed E-state index contributed by atoms with van der Waals surface area (Å²) in [4.78, 5) is 17.2. The molecule has 0 aliphatic carbocycles. The van der Waals surface area contributed by atoms with Crippen molar-refractivity contribution in [1.29, 1.82) is 0 Å². The van der Waals surface area contributed by atoms with E-state index in [2.05, 4.69) is 18.8 Å². The second kappa shape index (κ2) is 7.89. The van der Waals surface area contributed by atoms with E-state index in [0.29, 0.717) is 34.9 Å². The molecule has 28 heavy (non-hydrogen) atoms. The summed E-state index contributed by atoms with van der Waals surface area (Å²) in [6, 6.07) is 5.49. The monoisotopic (exact) mass is 383 g/mol. The number of hydrogen-bond acceptors (Lipinski definition) is 5. The molecule has 0 bridgehead atoms. The molecular formula is C22H29N3O3. The largest absolute Gasteiger partial charge is 0.492 e. The van der Waals surface area contributed by atoms with Gasteiger partial charge in [-0.1, -0.05) is 13.8 Å². The van der Waals surface area contributed by atoms with Crippen LogP contribution < -0.4 is 16.0 Å². The molecule has 150 valence electrons. The third-order valence-corrected chi connectivity index (χ3v) is 5.12. The highest BCUT2D eigenvalue weighted by Gasteiger charge is 2.18. The lowest BCUT2D eigenvalue weighted by Crippen LogP contribution is -2.29. The molecule has 0 radical (unpaired) electrons. The van der Waals surface area contributed by atoms with Gasteiger partial charge in [-0.05, 0) is 43.7 Å². The van der Waals surface area contributed by atoms with Gasteiger partial charge in [0.25, 0.3) is 5.56 Å². The fourth-order valence-electron chi connectivity index (χ4n) is 3.74. The molecule has 0 aliphatic rings. The van der Waals surface area contributed by atoms with Crippen LogP contribution in [-0.2, 0) is 7.05 Å². The van der Waals surface area contributed by atoms with E-state index in [0.717, 1.165) is 22.7 Å². The lowest BCUT2D eigenvalue weighted by molar-refractivity contribution is 0.189. The van der Waals surface area contributed by atoms with Gasteiger partial charge in [0.2, 0.25) is 0 Å². The maximum absolute atomic E-state index is 12.9. The van der Waals surface area contributed by atoms with Crippen LogP contribution >= 0.6 is 0 Å². The molecular weight excluding hydrogens is 354 g/mol. The van der Waals surface area contributed by atoms with Gasteiger partial charge in [-0.15, -0.1) is 0 Å². The minimum absolute atomic E-state index is 0.0910. The van der Waals surface area contributed by atoms with E-state index in [1.807, 2.05) is 25.1 Å². The molecule has 0 saturated heterocycles. The highest BCUT2D eigenvalue weighted by molar-refractivity contribution is 6.06. The molecule has 2 atom stereocenters. The average Bonchev–Trinajstić information content (AvgIpc) is 2.63. The van der Waals surface area contributed by atoms with Crippen molar-refractivity contribution in [2.75, 3.05) is 6.61 Å². The first kappa shape index (κ1) is 20.3. The van der Waals surface area contributed by atoms with Crippen LogP contribution in [0, 0.1) is 12.8 Å². The number of pyridine rings is 2. The van der Waals surface area contributed by atoms with Gasteiger partial charge in [0.05, 0.1) is 22.7 Å². The van der Waals surface area contributed by atoms with Crippen LogP contribution in [0.2, 0.25) is 0 Å². The molecule has 2 heterocycles. The van der Waals surface area contributed by atoms with Crippen molar-refractivity contribution < 1.29 is 9.84 Å². The third kappa shape index (κ3) is 3.75. The Morgan fingerprint density at radius 3 is 2.61 bits per heavy atom. The molecule has 3 rings (SSSR count). The smallest absolute Gasteiger partial charge is 0.260 e. The summed E-state index contributed by atoms with van der Waals surface area (Å²) in [6.07, 6.45) is 1.84. The second-order valence-corrected chi connectivity index (χ2v) is 7.97. The molecule has 3 N–H and O–H groups in total. The molecule has 3 aromatic rings. The van der Waals surface area contributed by atoms with Gasteiger partial charge >= 0.3 is 0 Å². The maximum Gasteiger partial charge on any atom is 0.260 e. The van der Waals surface area contributed by atoms with Gasteiger partial charge in [0, 0.05) is 36.3 Å². The van der Waals surface area contributed by atoms with Crippen molar-refractivity contribution >= 4 is 21.7 Å². The number of benzene rings is 1. The van der Waals surface area contributed by atoms with Gasteiger partial charge in [-0.3, -0.25) is 9.78 Å². The fourth-order valence-corrected chi connectivity index (χ4v) is 3.74. The van der Waals surface area contributed by atoms with Crippen LogP contribution in [0.15, 0.2) is 29.2 Å². The average molecular weight is 383 g/mol. The number of rotatable bonds is 6. The Kier molecular flexibility index (Phi) is 5.72. The molecule has 1 aromatic carbocycles. The molecule has 2 aromatic heterocycles. The van der Waals surface area contributed by atoms with Crippen LogP contribution in [0.5, 0.6) is 5.75 Å². The molecule has 6 nitrogen and oxygen atoms in total. The SMILES string of the molecule is Cc1nccc2c1c(=O)n(C)c1cc(OCC(N)CC(C)C)c(C(C)O)cc21. The number of aliphatic hydroxyl groups is 1. The summed E-state index contributed by atoms with van der Waals surface area (Å²) in [5.74, 6) is 1.04. The van der Waals surface area contributed by atoms with Crippen molar-refractivity contribution in [2.45, 2.75) is 46.3 Å². The van der Waals surface area contributed by atoms with Crippen LogP contribution in [0.3, 0.4) is 0 Å². The maximum atomic E-state index is 12.9. The number of nitrogens with zero attached hydrogens (tertiary/aromatic N) is 2. The van der Waals surface area contributed by atoms with Gasteiger partial charge in [0.1, 0.15) is 12.4 Å². The molecule has 0 aliphatic heterocycles. The lowest BCUT2D eigenvalue weighted by atomic mass is 10.0. The Morgan fingerprint density at radius 2 is 1.96 bits per heavy atom. The Balaban J connectivity index is 2.18. The van der Waals surface area contributed by atoms with Crippen LogP contribution in [-0.4, -0.2) is 27.3 Å². The van der Waals surface area contributed by atoms with E-state index in [4.69, 9.17) is 10.5 Å². The Hall–Kier alpha value is -2.44. The summed E-state index contributed by atoms with van der Waals surface area (Å²) in [5.41, 5.74) is 8.18.